The van der Waals surface area contributed by atoms with Crippen LogP contribution < -0.4 is 5.32 Å². The van der Waals surface area contributed by atoms with Gasteiger partial charge in [-0.1, -0.05) is 24.3 Å². The minimum atomic E-state index is -2.49. The number of rotatable bonds is 7. The van der Waals surface area contributed by atoms with Crippen molar-refractivity contribution < 1.29 is 18.4 Å². The summed E-state index contributed by atoms with van der Waals surface area (Å²) in [6, 6.07) is 14.9. The SMILES string of the molecule is O=C1c2ccccc2C(=O)N1CCCc1cccc(NCC2CCC(F)(F)CC2)c1. The van der Waals surface area contributed by atoms with Gasteiger partial charge < -0.3 is 5.32 Å². The summed E-state index contributed by atoms with van der Waals surface area (Å²) in [7, 11) is 0. The van der Waals surface area contributed by atoms with Crippen LogP contribution in [0.3, 0.4) is 0 Å². The minimum absolute atomic E-state index is 0.0167. The first-order valence-corrected chi connectivity index (χ1v) is 10.6. The van der Waals surface area contributed by atoms with E-state index in [1.807, 2.05) is 18.2 Å². The maximum atomic E-state index is 13.3. The Morgan fingerprint density at radius 2 is 1.63 bits per heavy atom. The van der Waals surface area contributed by atoms with E-state index in [0.29, 0.717) is 43.5 Å². The van der Waals surface area contributed by atoms with Gasteiger partial charge in [0.25, 0.3) is 11.8 Å². The monoisotopic (exact) mass is 412 g/mol. The number of carbonyl (C=O) groups excluding carboxylic acids is 2. The van der Waals surface area contributed by atoms with Gasteiger partial charge in [0.2, 0.25) is 5.92 Å². The molecule has 2 aromatic rings. The van der Waals surface area contributed by atoms with Crippen molar-refractivity contribution >= 4 is 17.5 Å². The van der Waals surface area contributed by atoms with Gasteiger partial charge in [-0.2, -0.15) is 0 Å². The highest BCUT2D eigenvalue weighted by atomic mass is 19.3. The van der Waals surface area contributed by atoms with E-state index < -0.39 is 5.92 Å². The van der Waals surface area contributed by atoms with Crippen molar-refractivity contribution in [2.45, 2.75) is 44.4 Å². The number of fused-ring (bicyclic) bond motifs is 1. The van der Waals surface area contributed by atoms with Gasteiger partial charge in [0.1, 0.15) is 0 Å². The molecule has 0 radical (unpaired) electrons. The van der Waals surface area contributed by atoms with Crippen molar-refractivity contribution in [2.75, 3.05) is 18.4 Å². The van der Waals surface area contributed by atoms with Gasteiger partial charge >= 0.3 is 0 Å². The number of amides is 2. The van der Waals surface area contributed by atoms with Gasteiger partial charge in [0.05, 0.1) is 11.1 Å². The standard InChI is InChI=1S/C24H26F2N2O2/c25-24(26)12-10-18(11-13-24)16-27-19-7-3-5-17(15-19)6-4-14-28-22(29)20-8-1-2-9-21(20)23(28)30/h1-3,5,7-9,15,18,27H,4,6,10-14,16H2. The van der Waals surface area contributed by atoms with E-state index in [-0.39, 0.29) is 30.6 Å². The molecule has 1 aliphatic carbocycles. The Balaban J connectivity index is 1.26. The number of carbonyl (C=O) groups is 2. The van der Waals surface area contributed by atoms with Gasteiger partial charge in [-0.05, 0) is 61.4 Å². The topological polar surface area (TPSA) is 49.4 Å². The fourth-order valence-electron chi connectivity index (χ4n) is 4.29. The van der Waals surface area contributed by atoms with Gasteiger partial charge in [0.15, 0.2) is 0 Å². The summed E-state index contributed by atoms with van der Waals surface area (Å²) in [4.78, 5) is 26.2. The lowest BCUT2D eigenvalue weighted by atomic mass is 9.87. The molecular formula is C24H26F2N2O2. The van der Waals surface area contributed by atoms with Crippen molar-refractivity contribution in [1.29, 1.82) is 0 Å². The van der Waals surface area contributed by atoms with Gasteiger partial charge in [-0.25, -0.2) is 8.78 Å². The summed E-state index contributed by atoms with van der Waals surface area (Å²) in [5.41, 5.74) is 3.06. The Morgan fingerprint density at radius 3 is 2.30 bits per heavy atom. The second kappa shape index (κ2) is 8.54. The van der Waals surface area contributed by atoms with E-state index in [1.165, 1.54) is 4.90 Å². The predicted octanol–water partition coefficient (Wildman–Crippen LogP) is 5.15. The van der Waals surface area contributed by atoms with Crippen molar-refractivity contribution in [3.63, 3.8) is 0 Å². The van der Waals surface area contributed by atoms with E-state index in [4.69, 9.17) is 0 Å². The third-order valence-corrected chi connectivity index (χ3v) is 6.08. The molecule has 30 heavy (non-hydrogen) atoms. The molecule has 0 aromatic heterocycles. The van der Waals surface area contributed by atoms with Crippen LogP contribution in [0.5, 0.6) is 0 Å². The summed E-state index contributed by atoms with van der Waals surface area (Å²) in [6.07, 6.45) is 2.51. The maximum absolute atomic E-state index is 13.3. The third kappa shape index (κ3) is 4.53. The van der Waals surface area contributed by atoms with E-state index in [2.05, 4.69) is 11.4 Å². The van der Waals surface area contributed by atoms with Gasteiger partial charge in [-0.3, -0.25) is 14.5 Å². The van der Waals surface area contributed by atoms with Crippen LogP contribution >= 0.6 is 0 Å². The lowest BCUT2D eigenvalue weighted by Crippen LogP contribution is -2.30. The van der Waals surface area contributed by atoms with Crippen LogP contribution in [-0.2, 0) is 6.42 Å². The first-order valence-electron chi connectivity index (χ1n) is 10.6. The molecule has 1 fully saturated rings. The van der Waals surface area contributed by atoms with Gasteiger partial charge in [0, 0.05) is 31.6 Å². The summed E-state index contributed by atoms with van der Waals surface area (Å²) in [5.74, 6) is -2.65. The van der Waals surface area contributed by atoms with E-state index in [9.17, 15) is 18.4 Å². The van der Waals surface area contributed by atoms with Crippen LogP contribution in [-0.4, -0.2) is 35.7 Å². The average molecular weight is 412 g/mol. The van der Waals surface area contributed by atoms with Crippen LogP contribution in [0.25, 0.3) is 0 Å². The molecule has 2 aromatic carbocycles. The first kappa shape index (κ1) is 20.5. The van der Waals surface area contributed by atoms with Crippen molar-refractivity contribution in [3.8, 4) is 0 Å². The summed E-state index contributed by atoms with van der Waals surface area (Å²) < 4.78 is 26.6. The molecule has 1 aliphatic heterocycles. The molecule has 2 amide bonds. The van der Waals surface area contributed by atoms with E-state index >= 15 is 0 Å². The number of alkyl halides is 2. The number of imide groups is 1. The Kier molecular flexibility index (Phi) is 5.84. The number of halogens is 2. The fraction of sp³-hybridized carbons (Fsp3) is 0.417. The Labute approximate surface area is 175 Å². The predicted molar refractivity (Wildman–Crippen MR) is 112 cm³/mol. The molecule has 0 atom stereocenters. The molecule has 4 rings (SSSR count). The highest BCUT2D eigenvalue weighted by Crippen LogP contribution is 2.36. The van der Waals surface area contributed by atoms with Crippen LogP contribution in [0.1, 0.15) is 58.4 Å². The Morgan fingerprint density at radius 1 is 0.967 bits per heavy atom. The number of hydrogen-bond acceptors (Lipinski definition) is 3. The molecule has 1 heterocycles. The lowest BCUT2D eigenvalue weighted by Gasteiger charge is -2.28. The molecule has 0 saturated heterocycles. The van der Waals surface area contributed by atoms with Crippen molar-refractivity contribution in [1.82, 2.24) is 4.90 Å². The van der Waals surface area contributed by atoms with Crippen LogP contribution in [0.15, 0.2) is 48.5 Å². The van der Waals surface area contributed by atoms with Crippen molar-refractivity contribution in [3.05, 3.63) is 65.2 Å². The van der Waals surface area contributed by atoms with Crippen LogP contribution in [0.4, 0.5) is 14.5 Å². The fourth-order valence-corrected chi connectivity index (χ4v) is 4.29. The molecular weight excluding hydrogens is 386 g/mol. The Bertz CT molecular complexity index is 899. The number of anilines is 1. The second-order valence-corrected chi connectivity index (χ2v) is 8.29. The molecule has 1 N–H and O–H groups in total. The zero-order valence-corrected chi connectivity index (χ0v) is 16.9. The number of nitrogens with one attached hydrogen (secondary N) is 1. The molecule has 2 aliphatic rings. The highest BCUT2D eigenvalue weighted by molar-refractivity contribution is 6.21. The highest BCUT2D eigenvalue weighted by Gasteiger charge is 2.35. The number of benzene rings is 2. The number of aryl methyl sites for hydroxylation is 1. The summed E-state index contributed by atoms with van der Waals surface area (Å²) in [6.45, 7) is 1.09. The molecule has 6 heteroatoms. The van der Waals surface area contributed by atoms with Crippen molar-refractivity contribution in [2.24, 2.45) is 5.92 Å². The normalized spacial score (nSPS) is 18.5. The number of nitrogens with zero attached hydrogens (tertiary/aromatic N) is 1. The zero-order chi connectivity index (χ0) is 21.1. The molecule has 0 spiro atoms. The smallest absolute Gasteiger partial charge is 0.261 e. The van der Waals surface area contributed by atoms with Crippen LogP contribution in [0, 0.1) is 5.92 Å². The summed E-state index contributed by atoms with van der Waals surface area (Å²) >= 11 is 0. The zero-order valence-electron chi connectivity index (χ0n) is 16.9. The third-order valence-electron chi connectivity index (χ3n) is 6.08. The first-order chi connectivity index (χ1) is 14.4. The molecule has 4 nitrogen and oxygen atoms in total. The minimum Gasteiger partial charge on any atom is -0.385 e. The van der Waals surface area contributed by atoms with Gasteiger partial charge in [-0.15, -0.1) is 0 Å². The maximum Gasteiger partial charge on any atom is 0.261 e. The average Bonchev–Trinajstić information content (AvgIpc) is 2.98. The van der Waals surface area contributed by atoms with E-state index in [1.54, 1.807) is 24.3 Å². The molecule has 0 unspecified atom stereocenters. The van der Waals surface area contributed by atoms with Crippen LogP contribution in [0.2, 0.25) is 0 Å². The molecule has 0 bridgehead atoms. The molecule has 158 valence electrons. The summed E-state index contributed by atoms with van der Waals surface area (Å²) in [5, 5.41) is 3.38. The second-order valence-electron chi connectivity index (χ2n) is 8.29. The Hall–Kier alpha value is -2.76. The largest absolute Gasteiger partial charge is 0.385 e. The van der Waals surface area contributed by atoms with E-state index in [0.717, 1.165) is 17.7 Å². The number of hydrogen-bond donors (Lipinski definition) is 1. The lowest BCUT2D eigenvalue weighted by molar-refractivity contribution is -0.0443. The molecule has 1 saturated carbocycles. The quantitative estimate of drug-likeness (QED) is 0.640.